The van der Waals surface area contributed by atoms with E-state index in [9.17, 15) is 9.90 Å². The van der Waals surface area contributed by atoms with E-state index in [1.807, 2.05) is 54.8 Å². The fourth-order valence-electron chi connectivity index (χ4n) is 2.80. The van der Waals surface area contributed by atoms with E-state index in [1.165, 1.54) is 0 Å². The van der Waals surface area contributed by atoms with E-state index >= 15 is 0 Å². The molecule has 118 valence electrons. The van der Waals surface area contributed by atoms with Gasteiger partial charge in [-0.15, -0.1) is 0 Å². The molecule has 0 spiro atoms. The lowest BCUT2D eigenvalue weighted by Gasteiger charge is -2.19. The maximum atomic E-state index is 11.5. The predicted molar refractivity (Wildman–Crippen MR) is 86.5 cm³/mol. The van der Waals surface area contributed by atoms with Crippen LogP contribution in [0.5, 0.6) is 0 Å². The van der Waals surface area contributed by atoms with Gasteiger partial charge < -0.3 is 14.2 Å². The third-order valence-electron chi connectivity index (χ3n) is 3.94. The van der Waals surface area contributed by atoms with Crippen LogP contribution in [0.3, 0.4) is 0 Å². The van der Waals surface area contributed by atoms with Crippen LogP contribution in [0.1, 0.15) is 40.3 Å². The second-order valence-corrected chi connectivity index (χ2v) is 5.45. The smallest absolute Gasteiger partial charge is 0.336 e. The molecule has 0 aliphatic heterocycles. The molecular formula is C18H18N2O3. The van der Waals surface area contributed by atoms with Crippen LogP contribution < -0.4 is 0 Å². The number of fused-ring (bicyclic) bond motifs is 1. The Kier molecular flexibility index (Phi) is 4.12. The minimum absolute atomic E-state index is 0.258. The van der Waals surface area contributed by atoms with Crippen molar-refractivity contribution >= 4 is 11.5 Å². The van der Waals surface area contributed by atoms with E-state index in [4.69, 9.17) is 4.74 Å². The summed E-state index contributed by atoms with van der Waals surface area (Å²) in [5.74, 6) is -0.927. The number of carbonyl (C=O) groups is 1. The minimum atomic E-state index is -0.927. The molecule has 5 heteroatoms. The second-order valence-electron chi connectivity index (χ2n) is 5.45. The normalized spacial score (nSPS) is 12.4. The molecule has 0 aromatic carbocycles. The van der Waals surface area contributed by atoms with Gasteiger partial charge in [-0.2, -0.15) is 0 Å². The summed E-state index contributed by atoms with van der Waals surface area (Å²) in [5, 5.41) is 9.42. The first-order valence-electron chi connectivity index (χ1n) is 7.43. The maximum absolute atomic E-state index is 11.5. The van der Waals surface area contributed by atoms with E-state index in [1.54, 1.807) is 12.3 Å². The summed E-state index contributed by atoms with van der Waals surface area (Å²) in [6.07, 6.45) is 3.39. The molecule has 0 fully saturated rings. The lowest BCUT2D eigenvalue weighted by atomic mass is 10.0. The van der Waals surface area contributed by atoms with Crippen molar-refractivity contribution in [1.29, 1.82) is 0 Å². The van der Waals surface area contributed by atoms with Crippen molar-refractivity contribution in [2.24, 2.45) is 0 Å². The summed E-state index contributed by atoms with van der Waals surface area (Å²) < 4.78 is 7.91. The van der Waals surface area contributed by atoms with Gasteiger partial charge in [0.1, 0.15) is 0 Å². The lowest BCUT2D eigenvalue weighted by Crippen LogP contribution is -2.12. The van der Waals surface area contributed by atoms with Crippen LogP contribution in [0.2, 0.25) is 0 Å². The first kappa shape index (κ1) is 15.2. The third kappa shape index (κ3) is 2.96. The zero-order valence-corrected chi connectivity index (χ0v) is 13.1. The Morgan fingerprint density at radius 1 is 1.35 bits per heavy atom. The van der Waals surface area contributed by atoms with Crippen LogP contribution >= 0.6 is 0 Å². The Hall–Kier alpha value is -2.66. The number of hydrogen-bond acceptors (Lipinski definition) is 3. The molecule has 0 aliphatic carbocycles. The number of carboxylic acids is 1. The number of carboxylic acid groups (broad SMARTS) is 1. The van der Waals surface area contributed by atoms with Gasteiger partial charge in [0.2, 0.25) is 0 Å². The Morgan fingerprint density at radius 2 is 2.17 bits per heavy atom. The SMILES string of the molecule is Cc1c(C(=O)O)cc2cccn2c1C(C)OCc1ccccn1. The van der Waals surface area contributed by atoms with E-state index < -0.39 is 5.97 Å². The van der Waals surface area contributed by atoms with Crippen LogP contribution in [0.15, 0.2) is 48.8 Å². The summed E-state index contributed by atoms with van der Waals surface area (Å²) in [6.45, 7) is 4.12. The van der Waals surface area contributed by atoms with E-state index in [2.05, 4.69) is 4.98 Å². The average Bonchev–Trinajstić information content (AvgIpc) is 3.00. The first-order chi connectivity index (χ1) is 11.1. The van der Waals surface area contributed by atoms with Gasteiger partial charge >= 0.3 is 5.97 Å². The number of aromatic nitrogens is 2. The molecule has 0 bridgehead atoms. The molecule has 5 nitrogen and oxygen atoms in total. The minimum Gasteiger partial charge on any atom is -0.478 e. The highest BCUT2D eigenvalue weighted by atomic mass is 16.5. The van der Waals surface area contributed by atoms with Gasteiger partial charge in [0.25, 0.3) is 0 Å². The highest BCUT2D eigenvalue weighted by Gasteiger charge is 2.19. The van der Waals surface area contributed by atoms with E-state index in [0.29, 0.717) is 12.2 Å². The van der Waals surface area contributed by atoms with Gasteiger partial charge in [-0.05, 0) is 49.7 Å². The molecular weight excluding hydrogens is 292 g/mol. The zero-order chi connectivity index (χ0) is 16.4. The number of hydrogen-bond donors (Lipinski definition) is 1. The number of nitrogens with zero attached hydrogens (tertiary/aromatic N) is 2. The highest BCUT2D eigenvalue weighted by molar-refractivity contribution is 5.91. The Morgan fingerprint density at radius 3 is 2.87 bits per heavy atom. The first-order valence-corrected chi connectivity index (χ1v) is 7.43. The summed E-state index contributed by atoms with van der Waals surface area (Å²) in [7, 11) is 0. The lowest BCUT2D eigenvalue weighted by molar-refractivity contribution is 0.0464. The van der Waals surface area contributed by atoms with Crippen LogP contribution in [0.4, 0.5) is 0 Å². The standard InChI is InChI=1S/C18H18N2O3/c1-12-16(18(21)22)10-15-7-5-9-20(15)17(12)13(2)23-11-14-6-3-4-8-19-14/h3-10,13H,11H2,1-2H3,(H,21,22). The summed E-state index contributed by atoms with van der Waals surface area (Å²) >= 11 is 0. The summed E-state index contributed by atoms with van der Waals surface area (Å²) in [6, 6.07) is 11.1. The molecule has 0 aliphatic rings. The van der Waals surface area contributed by atoms with Crippen LogP contribution in [-0.2, 0) is 11.3 Å². The Bertz CT molecular complexity index is 840. The zero-order valence-electron chi connectivity index (χ0n) is 13.1. The molecule has 0 saturated heterocycles. The van der Waals surface area contributed by atoms with Crippen molar-refractivity contribution < 1.29 is 14.6 Å². The molecule has 0 radical (unpaired) electrons. The van der Waals surface area contributed by atoms with Crippen molar-refractivity contribution in [3.63, 3.8) is 0 Å². The summed E-state index contributed by atoms with van der Waals surface area (Å²) in [5.41, 5.74) is 3.56. The molecule has 1 unspecified atom stereocenters. The monoisotopic (exact) mass is 310 g/mol. The number of aromatic carboxylic acids is 1. The number of ether oxygens (including phenoxy) is 1. The van der Waals surface area contributed by atoms with Gasteiger partial charge in [0, 0.05) is 17.9 Å². The van der Waals surface area contributed by atoms with Gasteiger partial charge in [-0.1, -0.05) is 6.07 Å². The van der Waals surface area contributed by atoms with Crippen LogP contribution in [-0.4, -0.2) is 20.5 Å². The van der Waals surface area contributed by atoms with Crippen LogP contribution in [0.25, 0.3) is 5.52 Å². The average molecular weight is 310 g/mol. The van der Waals surface area contributed by atoms with E-state index in [0.717, 1.165) is 22.5 Å². The maximum Gasteiger partial charge on any atom is 0.336 e. The molecule has 3 heterocycles. The van der Waals surface area contributed by atoms with Crippen LogP contribution in [0, 0.1) is 6.92 Å². The Labute approximate surface area is 134 Å². The van der Waals surface area contributed by atoms with Gasteiger partial charge in [-0.25, -0.2) is 4.79 Å². The van der Waals surface area contributed by atoms with Crippen molar-refractivity contribution in [1.82, 2.24) is 9.38 Å². The van der Waals surface area contributed by atoms with Crippen molar-refractivity contribution in [3.05, 3.63) is 71.3 Å². The molecule has 0 amide bonds. The second kappa shape index (κ2) is 6.22. The predicted octanol–water partition coefficient (Wildman–Crippen LogP) is 3.62. The fourth-order valence-corrected chi connectivity index (χ4v) is 2.80. The van der Waals surface area contributed by atoms with E-state index in [-0.39, 0.29) is 6.10 Å². The number of rotatable bonds is 5. The third-order valence-corrected chi connectivity index (χ3v) is 3.94. The fraction of sp³-hybridized carbons (Fsp3) is 0.222. The molecule has 1 N–H and O–H groups in total. The Balaban J connectivity index is 1.95. The van der Waals surface area contributed by atoms with Crippen molar-refractivity contribution in [3.8, 4) is 0 Å². The highest BCUT2D eigenvalue weighted by Crippen LogP contribution is 2.27. The molecule has 3 aromatic heterocycles. The topological polar surface area (TPSA) is 63.8 Å². The summed E-state index contributed by atoms with van der Waals surface area (Å²) in [4.78, 5) is 15.7. The molecule has 23 heavy (non-hydrogen) atoms. The van der Waals surface area contributed by atoms with Crippen molar-refractivity contribution in [2.75, 3.05) is 0 Å². The molecule has 3 aromatic rings. The molecule has 1 atom stereocenters. The largest absolute Gasteiger partial charge is 0.478 e. The van der Waals surface area contributed by atoms with Crippen molar-refractivity contribution in [2.45, 2.75) is 26.6 Å². The number of pyridine rings is 2. The molecule has 0 saturated carbocycles. The van der Waals surface area contributed by atoms with Gasteiger partial charge in [-0.3, -0.25) is 4.98 Å². The molecule has 3 rings (SSSR count). The van der Waals surface area contributed by atoms with Gasteiger partial charge in [0.05, 0.1) is 29.7 Å². The quantitative estimate of drug-likeness (QED) is 0.782. The van der Waals surface area contributed by atoms with Gasteiger partial charge in [0.15, 0.2) is 0 Å².